The van der Waals surface area contributed by atoms with Crippen molar-refractivity contribution < 1.29 is 28.7 Å². The highest BCUT2D eigenvalue weighted by atomic mass is 16.5. The van der Waals surface area contributed by atoms with Crippen LogP contribution in [0.25, 0.3) is 0 Å². The molecule has 3 fully saturated rings. The van der Waals surface area contributed by atoms with Gasteiger partial charge in [0, 0.05) is 30.7 Å². The average molecular weight is 500 g/mol. The molecule has 1 amide bonds. The van der Waals surface area contributed by atoms with Crippen molar-refractivity contribution in [2.24, 2.45) is 34.5 Å². The summed E-state index contributed by atoms with van der Waals surface area (Å²) in [7, 11) is 0. The maximum atomic E-state index is 12.3. The van der Waals surface area contributed by atoms with E-state index in [-0.39, 0.29) is 47.2 Å². The Kier molecular flexibility index (Phi) is 7.24. The molecule has 198 valence electrons. The van der Waals surface area contributed by atoms with Crippen LogP contribution in [0.15, 0.2) is 23.3 Å². The zero-order valence-corrected chi connectivity index (χ0v) is 22.5. The molecule has 7 heteroatoms. The maximum Gasteiger partial charge on any atom is 0.303 e. The predicted octanol–water partition coefficient (Wildman–Crippen LogP) is 4.30. The van der Waals surface area contributed by atoms with Crippen molar-refractivity contribution in [3.05, 3.63) is 23.3 Å². The second kappa shape index (κ2) is 9.79. The summed E-state index contributed by atoms with van der Waals surface area (Å²) < 4.78 is 10.8. The Balaban J connectivity index is 1.59. The molecule has 8 atom stereocenters. The van der Waals surface area contributed by atoms with Gasteiger partial charge in [0.25, 0.3) is 5.91 Å². The fraction of sp³-hybridized carbons (Fsp3) is 0.724. The molecule has 0 aromatic heterocycles. The molecule has 36 heavy (non-hydrogen) atoms. The number of ketones is 1. The molecule has 0 heterocycles. The molecular weight excluding hydrogens is 458 g/mol. The topological polar surface area (TPSA) is 98.8 Å². The first kappa shape index (κ1) is 26.6. The number of amides is 1. The fourth-order valence-corrected chi connectivity index (χ4v) is 8.43. The van der Waals surface area contributed by atoms with Gasteiger partial charge in [0.05, 0.1) is 0 Å². The van der Waals surface area contributed by atoms with E-state index in [9.17, 15) is 19.2 Å². The van der Waals surface area contributed by atoms with E-state index in [1.165, 1.54) is 25.0 Å². The van der Waals surface area contributed by atoms with Crippen molar-refractivity contribution in [2.75, 3.05) is 6.61 Å². The highest BCUT2D eigenvalue weighted by Gasteiger charge is 2.63. The summed E-state index contributed by atoms with van der Waals surface area (Å²) in [6, 6.07) is -0.0951. The third-order valence-corrected chi connectivity index (χ3v) is 9.92. The summed E-state index contributed by atoms with van der Waals surface area (Å²) >= 11 is 0. The summed E-state index contributed by atoms with van der Waals surface area (Å²) in [6.07, 6.45) is 9.09. The SMILES string of the molecule is CC(=O)OCC(=O)N[C@H](C)C[C@H]1C[C@H](OC(C)=O)[C@@]2(C)CC[C@H]3[C@@H](CCC4=CC(=O)C=C(C)[C@@]43C)[C@H]12. The minimum Gasteiger partial charge on any atom is -0.462 e. The zero-order valence-electron chi connectivity index (χ0n) is 22.5. The number of ether oxygens (including phenoxy) is 2. The van der Waals surface area contributed by atoms with E-state index in [2.05, 4.69) is 26.1 Å². The molecule has 4 aliphatic rings. The van der Waals surface area contributed by atoms with Gasteiger partial charge in [0.2, 0.25) is 0 Å². The van der Waals surface area contributed by atoms with Crippen LogP contribution in [0, 0.1) is 34.5 Å². The Labute approximate surface area is 214 Å². The molecule has 0 unspecified atom stereocenters. The predicted molar refractivity (Wildman–Crippen MR) is 135 cm³/mol. The Morgan fingerprint density at radius 2 is 1.86 bits per heavy atom. The quantitative estimate of drug-likeness (QED) is 0.547. The number of allylic oxidation sites excluding steroid dienone is 4. The molecule has 4 rings (SSSR count). The van der Waals surface area contributed by atoms with Gasteiger partial charge in [-0.25, -0.2) is 0 Å². The Hall–Kier alpha value is -2.44. The molecule has 0 aromatic rings. The standard InChI is InChI=1S/C29H41NO6/c1-16-11-22(33)14-21-7-8-23-24(29(16,21)6)9-10-28(5)25(36-19(4)32)13-20(27(23)28)12-17(2)30-26(34)15-35-18(3)31/h11,14,17,20,23-25,27H,7-10,12-13,15H2,1-6H3,(H,30,34)/t17-,20+,23-,24+,25+,27+,28-,29+/m1/s1. The van der Waals surface area contributed by atoms with Crippen molar-refractivity contribution in [1.29, 1.82) is 0 Å². The molecule has 1 N–H and O–H groups in total. The van der Waals surface area contributed by atoms with Gasteiger partial charge >= 0.3 is 11.9 Å². The normalized spacial score (nSPS) is 37.9. The summed E-state index contributed by atoms with van der Waals surface area (Å²) in [4.78, 5) is 47.7. The third-order valence-electron chi connectivity index (χ3n) is 9.92. The van der Waals surface area contributed by atoms with E-state index in [0.717, 1.165) is 38.5 Å². The number of fused-ring (bicyclic) bond motifs is 5. The molecule has 3 saturated carbocycles. The lowest BCUT2D eigenvalue weighted by Crippen LogP contribution is -2.53. The second-order valence-electron chi connectivity index (χ2n) is 12.1. The summed E-state index contributed by atoms with van der Waals surface area (Å²) in [6.45, 7) is 11.2. The number of rotatable bonds is 6. The van der Waals surface area contributed by atoms with E-state index < -0.39 is 5.97 Å². The van der Waals surface area contributed by atoms with Crippen LogP contribution in [-0.2, 0) is 28.7 Å². The Morgan fingerprint density at radius 3 is 2.53 bits per heavy atom. The van der Waals surface area contributed by atoms with Crippen LogP contribution in [0.1, 0.15) is 80.1 Å². The number of nitrogens with one attached hydrogen (secondary N) is 1. The smallest absolute Gasteiger partial charge is 0.303 e. The van der Waals surface area contributed by atoms with Crippen molar-refractivity contribution >= 4 is 23.6 Å². The lowest BCUT2D eigenvalue weighted by Gasteiger charge is -2.58. The van der Waals surface area contributed by atoms with E-state index in [1.807, 2.05) is 19.1 Å². The van der Waals surface area contributed by atoms with Gasteiger partial charge < -0.3 is 14.8 Å². The van der Waals surface area contributed by atoms with Crippen molar-refractivity contribution in [2.45, 2.75) is 92.2 Å². The van der Waals surface area contributed by atoms with E-state index in [1.54, 1.807) is 0 Å². The highest BCUT2D eigenvalue weighted by molar-refractivity contribution is 6.02. The lowest BCUT2D eigenvalue weighted by molar-refractivity contribution is -0.156. The largest absolute Gasteiger partial charge is 0.462 e. The van der Waals surface area contributed by atoms with Gasteiger partial charge in [-0.05, 0) is 88.2 Å². The van der Waals surface area contributed by atoms with Gasteiger partial charge in [-0.3, -0.25) is 19.2 Å². The average Bonchev–Trinajstić information content (AvgIpc) is 3.04. The molecule has 0 aromatic carbocycles. The molecule has 0 spiro atoms. The lowest BCUT2D eigenvalue weighted by atomic mass is 9.46. The Bertz CT molecular complexity index is 1010. The van der Waals surface area contributed by atoms with E-state index in [4.69, 9.17) is 9.47 Å². The molecular formula is C29H41NO6. The van der Waals surface area contributed by atoms with Gasteiger partial charge in [0.1, 0.15) is 6.10 Å². The highest BCUT2D eigenvalue weighted by Crippen LogP contribution is 2.67. The molecule has 7 nitrogen and oxygen atoms in total. The van der Waals surface area contributed by atoms with E-state index in [0.29, 0.717) is 23.7 Å². The van der Waals surface area contributed by atoms with Gasteiger partial charge in [-0.2, -0.15) is 0 Å². The van der Waals surface area contributed by atoms with Crippen molar-refractivity contribution in [3.8, 4) is 0 Å². The molecule has 0 bridgehead atoms. The molecule has 4 aliphatic carbocycles. The number of carbonyl (C=O) groups excluding carboxylic acids is 4. The van der Waals surface area contributed by atoms with Crippen LogP contribution in [0.2, 0.25) is 0 Å². The monoisotopic (exact) mass is 499 g/mol. The number of esters is 2. The Morgan fingerprint density at radius 1 is 1.14 bits per heavy atom. The molecule has 0 aliphatic heterocycles. The number of hydrogen-bond acceptors (Lipinski definition) is 6. The first-order chi connectivity index (χ1) is 16.9. The van der Waals surface area contributed by atoms with Crippen LogP contribution in [0.3, 0.4) is 0 Å². The first-order valence-corrected chi connectivity index (χ1v) is 13.4. The van der Waals surface area contributed by atoms with Gasteiger partial charge in [-0.15, -0.1) is 0 Å². The third kappa shape index (κ3) is 4.66. The van der Waals surface area contributed by atoms with Crippen LogP contribution in [0.4, 0.5) is 0 Å². The fourth-order valence-electron chi connectivity index (χ4n) is 8.43. The zero-order chi connectivity index (χ0) is 26.4. The van der Waals surface area contributed by atoms with Crippen LogP contribution >= 0.6 is 0 Å². The first-order valence-electron chi connectivity index (χ1n) is 13.4. The second-order valence-corrected chi connectivity index (χ2v) is 12.1. The number of hydrogen-bond donors (Lipinski definition) is 1. The van der Waals surface area contributed by atoms with E-state index >= 15 is 0 Å². The minimum atomic E-state index is -0.477. The van der Waals surface area contributed by atoms with Gasteiger partial charge in [-0.1, -0.05) is 25.0 Å². The summed E-state index contributed by atoms with van der Waals surface area (Å²) in [5.41, 5.74) is 2.22. The van der Waals surface area contributed by atoms with Gasteiger partial charge in [0.15, 0.2) is 12.4 Å². The minimum absolute atomic E-state index is 0.0951. The molecule has 0 radical (unpaired) electrons. The van der Waals surface area contributed by atoms with Crippen LogP contribution in [-0.4, -0.2) is 42.4 Å². The maximum absolute atomic E-state index is 12.3. The number of carbonyl (C=O) groups is 4. The molecule has 0 saturated heterocycles. The summed E-state index contributed by atoms with van der Waals surface area (Å²) in [5.74, 6) is 0.627. The van der Waals surface area contributed by atoms with Crippen molar-refractivity contribution in [3.63, 3.8) is 0 Å². The van der Waals surface area contributed by atoms with Crippen LogP contribution in [0.5, 0.6) is 0 Å². The summed E-state index contributed by atoms with van der Waals surface area (Å²) in [5, 5.41) is 2.98. The van der Waals surface area contributed by atoms with Crippen molar-refractivity contribution in [1.82, 2.24) is 5.32 Å². The van der Waals surface area contributed by atoms with Crippen LogP contribution < -0.4 is 5.32 Å².